The molecule has 388 valence electrons. The maximum atomic E-state index is 12.6. The van der Waals surface area contributed by atoms with Gasteiger partial charge < -0.3 is 59.6 Å². The van der Waals surface area contributed by atoms with Gasteiger partial charge in [0.2, 0.25) is 11.1 Å². The molecule has 0 radical (unpaired) electrons. The minimum atomic E-state index is -0.313. The molecule has 2 atom stereocenters. The Morgan fingerprint density at radius 2 is 0.974 bits per heavy atom. The third kappa shape index (κ3) is 11.1. The highest BCUT2D eigenvalue weighted by Crippen LogP contribution is 2.45. The molecule has 6 N–H and O–H groups in total. The van der Waals surface area contributed by atoms with E-state index in [-0.39, 0.29) is 36.4 Å². The fourth-order valence-electron chi connectivity index (χ4n) is 10.2. The second kappa shape index (κ2) is 22.3. The smallest absolute Gasteiger partial charge is 0.250 e. The Labute approximate surface area is 440 Å². The molecule has 4 aromatic heterocycles. The van der Waals surface area contributed by atoms with Gasteiger partial charge in [-0.3, -0.25) is 19.6 Å². The van der Waals surface area contributed by atoms with E-state index in [4.69, 9.17) is 18.9 Å². The molecule has 2 saturated heterocycles. The third-order valence-electron chi connectivity index (χ3n) is 14.1. The van der Waals surface area contributed by atoms with Crippen molar-refractivity contribution >= 4 is 22.7 Å². The molecular formula is C60H60N8O8. The number of hydrogen-bond donors (Lipinski definition) is 6. The summed E-state index contributed by atoms with van der Waals surface area (Å²) in [7, 11) is 0. The molecule has 8 heterocycles. The summed E-state index contributed by atoms with van der Waals surface area (Å²) in [6.45, 7) is 9.52. The number of rotatable bonds is 12. The lowest BCUT2D eigenvalue weighted by Gasteiger charge is -2.29. The van der Waals surface area contributed by atoms with E-state index in [9.17, 15) is 19.8 Å². The van der Waals surface area contributed by atoms with Crippen LogP contribution in [0.3, 0.4) is 0 Å². The van der Waals surface area contributed by atoms with E-state index in [1.807, 2.05) is 98.8 Å². The zero-order chi connectivity index (χ0) is 52.1. The third-order valence-corrected chi connectivity index (χ3v) is 14.1. The number of benzene rings is 4. The standard InChI is InChI=1S/2C30H30N4O4/c2*1-19-7-8-31-26(13-19)27(18-35)32-22-5-6-28-21(15-22)14-20-3-2-4-24(30(20)38-28)25-16-23(17-29(36)33-25)34-9-11-37-12-10-34/h2*2-8,13,15-17,27,32,35H,9-12,14,18H2,1H3,(H,33,36). The van der Waals surface area contributed by atoms with E-state index >= 15 is 0 Å². The quantitative estimate of drug-likeness (QED) is 0.0678. The molecule has 2 unspecified atom stereocenters. The maximum Gasteiger partial charge on any atom is 0.250 e. The first-order valence-electron chi connectivity index (χ1n) is 25.7. The lowest BCUT2D eigenvalue weighted by atomic mass is 9.96. The number of para-hydroxylation sites is 2. The van der Waals surface area contributed by atoms with Gasteiger partial charge in [0, 0.05) is 109 Å². The second-order valence-electron chi connectivity index (χ2n) is 19.5. The highest BCUT2D eigenvalue weighted by Gasteiger charge is 2.26. The SMILES string of the molecule is Cc1ccnc(C(CO)Nc2ccc3c(c2)Cc2cccc(-c4cc(N5CCOCC5)cc(=O)[nH]4)c2O3)c1.Cc1ccnc(C(CO)Nc2ccc3c(c2)Cc2cccc(-c4cc(N5CCOCC5)cc(=O)[nH]4)c2O3)c1. The number of aryl methyl sites for hydroxylation is 2. The largest absolute Gasteiger partial charge is 0.456 e. The number of aliphatic hydroxyl groups excluding tert-OH is 2. The molecule has 76 heavy (non-hydrogen) atoms. The van der Waals surface area contributed by atoms with Gasteiger partial charge in [-0.1, -0.05) is 24.3 Å². The predicted octanol–water partition coefficient (Wildman–Crippen LogP) is 8.85. The Hall–Kier alpha value is -8.28. The lowest BCUT2D eigenvalue weighted by Crippen LogP contribution is -2.36. The van der Waals surface area contributed by atoms with Crippen molar-refractivity contribution in [2.24, 2.45) is 0 Å². The van der Waals surface area contributed by atoms with Crippen LogP contribution in [0.15, 0.2) is 143 Å². The summed E-state index contributed by atoms with van der Waals surface area (Å²) in [5.41, 5.74) is 14.4. The Balaban J connectivity index is 0.000000162. The number of nitrogens with one attached hydrogen (secondary N) is 4. The molecule has 2 fully saturated rings. The van der Waals surface area contributed by atoms with Crippen LogP contribution < -0.4 is 41.0 Å². The number of aromatic amines is 2. The van der Waals surface area contributed by atoms with E-state index in [0.29, 0.717) is 39.3 Å². The lowest BCUT2D eigenvalue weighted by molar-refractivity contribution is 0.122. The summed E-state index contributed by atoms with van der Waals surface area (Å²) in [6, 6.07) is 38.5. The van der Waals surface area contributed by atoms with E-state index in [2.05, 4.69) is 64.6 Å². The molecule has 0 amide bonds. The minimum absolute atomic E-state index is 0.0715. The van der Waals surface area contributed by atoms with Crippen LogP contribution in [0.25, 0.3) is 22.5 Å². The molecule has 12 rings (SSSR count). The van der Waals surface area contributed by atoms with Gasteiger partial charge in [-0.05, 0) is 121 Å². The summed E-state index contributed by atoms with van der Waals surface area (Å²) < 4.78 is 23.8. The van der Waals surface area contributed by atoms with Crippen LogP contribution in [-0.2, 0) is 22.3 Å². The highest BCUT2D eigenvalue weighted by atomic mass is 16.5. The van der Waals surface area contributed by atoms with E-state index in [1.165, 1.54) is 0 Å². The molecule has 0 saturated carbocycles. The van der Waals surface area contributed by atoms with Crippen molar-refractivity contribution < 1.29 is 29.2 Å². The Bertz CT molecular complexity index is 3280. The number of hydrogen-bond acceptors (Lipinski definition) is 14. The van der Waals surface area contributed by atoms with E-state index in [1.54, 1.807) is 24.5 Å². The Kier molecular flexibility index (Phi) is 14.6. The van der Waals surface area contributed by atoms with Gasteiger partial charge in [0.1, 0.15) is 23.0 Å². The van der Waals surface area contributed by atoms with Gasteiger partial charge in [-0.2, -0.15) is 0 Å². The molecule has 4 aliphatic rings. The summed E-state index contributed by atoms with van der Waals surface area (Å²) in [5, 5.41) is 26.8. The van der Waals surface area contributed by atoms with Gasteiger partial charge in [0.05, 0.1) is 74.5 Å². The van der Waals surface area contributed by atoms with E-state index in [0.717, 1.165) is 139 Å². The number of aliphatic hydroxyl groups is 2. The van der Waals surface area contributed by atoms with Gasteiger partial charge in [-0.15, -0.1) is 0 Å². The number of H-pyrrole nitrogens is 2. The molecule has 4 aromatic carbocycles. The van der Waals surface area contributed by atoms with Gasteiger partial charge in [0.15, 0.2) is 0 Å². The van der Waals surface area contributed by atoms with Gasteiger partial charge in [-0.25, -0.2) is 0 Å². The summed E-state index contributed by atoms with van der Waals surface area (Å²) in [4.78, 5) is 44.4. The number of morpholine rings is 2. The first kappa shape index (κ1) is 49.9. The minimum Gasteiger partial charge on any atom is -0.456 e. The fourth-order valence-corrected chi connectivity index (χ4v) is 10.2. The molecule has 0 aliphatic carbocycles. The molecule has 0 bridgehead atoms. The van der Waals surface area contributed by atoms with Crippen molar-refractivity contribution in [3.05, 3.63) is 199 Å². The number of anilines is 4. The monoisotopic (exact) mass is 1020 g/mol. The molecule has 8 aromatic rings. The van der Waals surface area contributed by atoms with Crippen LogP contribution in [0.5, 0.6) is 23.0 Å². The first-order chi connectivity index (χ1) is 37.1. The predicted molar refractivity (Wildman–Crippen MR) is 295 cm³/mol. The molecule has 0 spiro atoms. The Morgan fingerprint density at radius 1 is 0.539 bits per heavy atom. The van der Waals surface area contributed by atoms with Crippen molar-refractivity contribution in [1.82, 2.24) is 19.9 Å². The van der Waals surface area contributed by atoms with Gasteiger partial charge in [0.25, 0.3) is 0 Å². The second-order valence-corrected chi connectivity index (χ2v) is 19.5. The summed E-state index contributed by atoms with van der Waals surface area (Å²) in [5.74, 6) is 3.06. The van der Waals surface area contributed by atoms with Crippen LogP contribution in [0.4, 0.5) is 22.7 Å². The van der Waals surface area contributed by atoms with Crippen molar-refractivity contribution in [1.29, 1.82) is 0 Å². The maximum absolute atomic E-state index is 12.6. The van der Waals surface area contributed by atoms with Crippen LogP contribution in [0.1, 0.15) is 56.9 Å². The van der Waals surface area contributed by atoms with Crippen LogP contribution >= 0.6 is 0 Å². The number of ether oxygens (including phenoxy) is 4. The highest BCUT2D eigenvalue weighted by molar-refractivity contribution is 5.76. The van der Waals surface area contributed by atoms with Crippen LogP contribution in [0, 0.1) is 13.8 Å². The average molecular weight is 1020 g/mol. The topological polar surface area (TPSA) is 199 Å². The first-order valence-corrected chi connectivity index (χ1v) is 25.7. The zero-order valence-electron chi connectivity index (χ0n) is 42.5. The number of fused-ring (bicyclic) bond motifs is 4. The fraction of sp³-hybridized carbons (Fsp3) is 0.267. The number of nitrogens with zero attached hydrogens (tertiary/aromatic N) is 4. The van der Waals surface area contributed by atoms with Crippen molar-refractivity contribution in [3.63, 3.8) is 0 Å². The van der Waals surface area contributed by atoms with Crippen LogP contribution in [-0.4, -0.2) is 96.0 Å². The summed E-state index contributed by atoms with van der Waals surface area (Å²) >= 11 is 0. The molecular weight excluding hydrogens is 961 g/mol. The summed E-state index contributed by atoms with van der Waals surface area (Å²) in [6.07, 6.45) is 4.89. The van der Waals surface area contributed by atoms with E-state index < -0.39 is 0 Å². The number of aromatic nitrogens is 4. The Morgan fingerprint density at radius 3 is 1.38 bits per heavy atom. The van der Waals surface area contributed by atoms with Crippen LogP contribution in [0.2, 0.25) is 0 Å². The number of pyridine rings is 4. The molecule has 16 nitrogen and oxygen atoms in total. The normalized spacial score (nSPS) is 15.3. The van der Waals surface area contributed by atoms with Crippen molar-refractivity contribution in [2.45, 2.75) is 38.8 Å². The van der Waals surface area contributed by atoms with Crippen molar-refractivity contribution in [3.8, 4) is 45.5 Å². The average Bonchev–Trinajstić information content (AvgIpc) is 3.46. The molecule has 4 aliphatic heterocycles. The van der Waals surface area contributed by atoms with Crippen molar-refractivity contribution in [2.75, 3.05) is 86.3 Å². The molecule has 16 heteroatoms. The van der Waals surface area contributed by atoms with Gasteiger partial charge >= 0.3 is 0 Å². The zero-order valence-corrected chi connectivity index (χ0v) is 42.5.